The van der Waals surface area contributed by atoms with Crippen molar-refractivity contribution in [2.75, 3.05) is 12.4 Å². The van der Waals surface area contributed by atoms with Crippen molar-refractivity contribution in [3.05, 3.63) is 23.8 Å². The van der Waals surface area contributed by atoms with E-state index in [9.17, 15) is 18.0 Å². The summed E-state index contributed by atoms with van der Waals surface area (Å²) in [4.78, 5) is 11.1. The molecular formula is C11H12F3NO2. The van der Waals surface area contributed by atoms with Gasteiger partial charge in [0.1, 0.15) is 5.75 Å². The first-order valence-electron chi connectivity index (χ1n) is 4.93. The first-order valence-corrected chi connectivity index (χ1v) is 4.93. The predicted octanol–water partition coefficient (Wildman–Crippen LogP) is 3.06. The summed E-state index contributed by atoms with van der Waals surface area (Å²) in [6.45, 7) is 1.56. The highest BCUT2D eigenvalue weighted by atomic mass is 19.4. The number of ether oxygens (including phenoxy) is 1. The molecule has 6 heteroatoms. The molecule has 1 aromatic rings. The molecule has 1 N–H and O–H groups in total. The SMILES string of the molecule is CCC(=O)Nc1ccc(OC)cc1C(F)(F)F. The van der Waals surface area contributed by atoms with Gasteiger partial charge in [0.25, 0.3) is 0 Å². The highest BCUT2D eigenvalue weighted by molar-refractivity contribution is 5.91. The van der Waals surface area contributed by atoms with Crippen molar-refractivity contribution in [2.24, 2.45) is 0 Å². The summed E-state index contributed by atoms with van der Waals surface area (Å²) in [6, 6.07) is 3.39. The maximum atomic E-state index is 12.7. The van der Waals surface area contributed by atoms with Crippen LogP contribution < -0.4 is 10.1 Å². The molecule has 1 aromatic carbocycles. The molecule has 1 amide bonds. The van der Waals surface area contributed by atoms with Crippen LogP contribution in [0.4, 0.5) is 18.9 Å². The van der Waals surface area contributed by atoms with Crippen molar-refractivity contribution in [2.45, 2.75) is 19.5 Å². The van der Waals surface area contributed by atoms with E-state index in [4.69, 9.17) is 4.74 Å². The van der Waals surface area contributed by atoms with Gasteiger partial charge in [0.05, 0.1) is 18.4 Å². The summed E-state index contributed by atoms with van der Waals surface area (Å²) in [6.07, 6.45) is -4.42. The van der Waals surface area contributed by atoms with Crippen LogP contribution in [0.25, 0.3) is 0 Å². The molecule has 0 atom stereocenters. The van der Waals surface area contributed by atoms with E-state index in [0.717, 1.165) is 6.07 Å². The highest BCUT2D eigenvalue weighted by Crippen LogP contribution is 2.37. The van der Waals surface area contributed by atoms with Crippen LogP contribution in [0.15, 0.2) is 18.2 Å². The summed E-state index contributed by atoms with van der Waals surface area (Å²) in [5, 5.41) is 2.20. The van der Waals surface area contributed by atoms with Crippen molar-refractivity contribution in [1.82, 2.24) is 0 Å². The third kappa shape index (κ3) is 3.37. The maximum absolute atomic E-state index is 12.7. The van der Waals surface area contributed by atoms with Gasteiger partial charge in [-0.1, -0.05) is 6.92 Å². The van der Waals surface area contributed by atoms with Gasteiger partial charge in [0.2, 0.25) is 5.91 Å². The van der Waals surface area contributed by atoms with Crippen LogP contribution in [0.1, 0.15) is 18.9 Å². The van der Waals surface area contributed by atoms with E-state index in [0.29, 0.717) is 0 Å². The Bertz CT molecular complexity index is 416. The first-order chi connectivity index (χ1) is 7.88. The number of hydrogen-bond acceptors (Lipinski definition) is 2. The minimum absolute atomic E-state index is 0.0897. The Labute approximate surface area is 96.6 Å². The Hall–Kier alpha value is -1.72. The molecule has 0 heterocycles. The third-order valence-electron chi connectivity index (χ3n) is 2.13. The molecule has 0 aliphatic carbocycles. The Balaban J connectivity index is 3.16. The number of carbonyl (C=O) groups excluding carboxylic acids is 1. The van der Waals surface area contributed by atoms with Crippen molar-refractivity contribution < 1.29 is 22.7 Å². The quantitative estimate of drug-likeness (QED) is 0.891. The summed E-state index contributed by atoms with van der Waals surface area (Å²) < 4.78 is 42.9. The fraction of sp³-hybridized carbons (Fsp3) is 0.364. The molecule has 0 radical (unpaired) electrons. The van der Waals surface area contributed by atoms with Gasteiger partial charge in [-0.3, -0.25) is 4.79 Å². The second-order valence-electron chi connectivity index (χ2n) is 3.31. The summed E-state index contributed by atoms with van der Waals surface area (Å²) in [5.74, 6) is -0.382. The van der Waals surface area contributed by atoms with Gasteiger partial charge in [0, 0.05) is 6.42 Å². The van der Waals surface area contributed by atoms with Gasteiger partial charge < -0.3 is 10.1 Å². The number of amides is 1. The van der Waals surface area contributed by atoms with Crippen molar-refractivity contribution in [3.63, 3.8) is 0 Å². The van der Waals surface area contributed by atoms with Crippen LogP contribution in [0.5, 0.6) is 5.75 Å². The summed E-state index contributed by atoms with van der Waals surface area (Å²) in [7, 11) is 1.28. The van der Waals surface area contributed by atoms with Gasteiger partial charge in [-0.05, 0) is 18.2 Å². The van der Waals surface area contributed by atoms with Gasteiger partial charge in [-0.15, -0.1) is 0 Å². The third-order valence-corrected chi connectivity index (χ3v) is 2.13. The lowest BCUT2D eigenvalue weighted by Crippen LogP contribution is -2.15. The number of methoxy groups -OCH3 is 1. The van der Waals surface area contributed by atoms with Crippen LogP contribution in [0.2, 0.25) is 0 Å². The second kappa shape index (κ2) is 5.07. The molecule has 0 bridgehead atoms. The lowest BCUT2D eigenvalue weighted by Gasteiger charge is -2.14. The van der Waals surface area contributed by atoms with E-state index >= 15 is 0 Å². The zero-order valence-corrected chi connectivity index (χ0v) is 9.39. The average molecular weight is 247 g/mol. The molecule has 0 aliphatic heterocycles. The summed E-state index contributed by atoms with van der Waals surface area (Å²) in [5.41, 5.74) is -1.18. The Morgan fingerprint density at radius 2 is 2.06 bits per heavy atom. The number of carbonyl (C=O) groups is 1. The topological polar surface area (TPSA) is 38.3 Å². The second-order valence-corrected chi connectivity index (χ2v) is 3.31. The lowest BCUT2D eigenvalue weighted by molar-refractivity contribution is -0.137. The largest absolute Gasteiger partial charge is 0.497 e. The molecule has 0 unspecified atom stereocenters. The Kier molecular flexibility index (Phi) is 3.98. The van der Waals surface area contributed by atoms with E-state index in [1.165, 1.54) is 19.2 Å². The van der Waals surface area contributed by atoms with Crippen molar-refractivity contribution in [3.8, 4) is 5.75 Å². The van der Waals surface area contributed by atoms with Crippen LogP contribution in [-0.4, -0.2) is 13.0 Å². The number of halogens is 3. The number of hydrogen-bond donors (Lipinski definition) is 1. The van der Waals surface area contributed by atoms with E-state index in [-0.39, 0.29) is 17.9 Å². The molecule has 1 rings (SSSR count). The van der Waals surface area contributed by atoms with Crippen LogP contribution in [0.3, 0.4) is 0 Å². The zero-order valence-electron chi connectivity index (χ0n) is 9.39. The van der Waals surface area contributed by atoms with Gasteiger partial charge in [0.15, 0.2) is 0 Å². The Morgan fingerprint density at radius 3 is 2.53 bits per heavy atom. The van der Waals surface area contributed by atoms with Crippen LogP contribution in [0, 0.1) is 0 Å². The van der Waals surface area contributed by atoms with Crippen molar-refractivity contribution in [1.29, 1.82) is 0 Å². The maximum Gasteiger partial charge on any atom is 0.418 e. The molecule has 0 saturated carbocycles. The number of nitrogens with one attached hydrogen (secondary N) is 1. The molecule has 0 aromatic heterocycles. The molecule has 94 valence electrons. The van der Waals surface area contributed by atoms with E-state index in [1.54, 1.807) is 6.92 Å². The highest BCUT2D eigenvalue weighted by Gasteiger charge is 2.34. The normalized spacial score (nSPS) is 11.1. The van der Waals surface area contributed by atoms with E-state index in [2.05, 4.69) is 5.32 Å². The molecule has 0 fully saturated rings. The smallest absolute Gasteiger partial charge is 0.418 e. The van der Waals surface area contributed by atoms with Gasteiger partial charge in [-0.25, -0.2) is 0 Å². The van der Waals surface area contributed by atoms with Crippen LogP contribution >= 0.6 is 0 Å². The van der Waals surface area contributed by atoms with Crippen molar-refractivity contribution >= 4 is 11.6 Å². The summed E-state index contributed by atoms with van der Waals surface area (Å²) >= 11 is 0. The molecule has 0 saturated heterocycles. The molecule has 0 aliphatic rings. The van der Waals surface area contributed by atoms with E-state index < -0.39 is 17.6 Å². The van der Waals surface area contributed by atoms with E-state index in [1.807, 2.05) is 0 Å². The molecule has 0 spiro atoms. The molecule has 3 nitrogen and oxygen atoms in total. The van der Waals surface area contributed by atoms with Crippen LogP contribution in [-0.2, 0) is 11.0 Å². The lowest BCUT2D eigenvalue weighted by atomic mass is 10.1. The fourth-order valence-corrected chi connectivity index (χ4v) is 1.23. The minimum Gasteiger partial charge on any atom is -0.497 e. The van der Waals surface area contributed by atoms with Gasteiger partial charge in [-0.2, -0.15) is 13.2 Å². The number of alkyl halides is 3. The molecular weight excluding hydrogens is 235 g/mol. The Morgan fingerprint density at radius 1 is 1.41 bits per heavy atom. The monoisotopic (exact) mass is 247 g/mol. The number of anilines is 1. The minimum atomic E-state index is -4.54. The standard InChI is InChI=1S/C11H12F3NO2/c1-3-10(16)15-9-5-4-7(17-2)6-8(9)11(12,13)14/h4-6H,3H2,1-2H3,(H,15,16). The molecule has 17 heavy (non-hydrogen) atoms. The zero-order chi connectivity index (χ0) is 13.1. The number of rotatable bonds is 3. The number of benzene rings is 1. The predicted molar refractivity (Wildman–Crippen MR) is 56.9 cm³/mol. The van der Waals surface area contributed by atoms with Gasteiger partial charge >= 0.3 is 6.18 Å². The average Bonchev–Trinajstić information content (AvgIpc) is 2.28. The fourth-order valence-electron chi connectivity index (χ4n) is 1.23. The first kappa shape index (κ1) is 13.3.